The fraction of sp³-hybridized carbons (Fsp3) is 0.333. The van der Waals surface area contributed by atoms with Crippen LogP contribution < -0.4 is 0 Å². The van der Waals surface area contributed by atoms with E-state index in [4.69, 9.17) is 0 Å². The van der Waals surface area contributed by atoms with Crippen LogP contribution in [0.1, 0.15) is 41.7 Å². The second-order valence-corrected chi connectivity index (χ2v) is 6.68. The van der Waals surface area contributed by atoms with E-state index in [1.807, 2.05) is 0 Å². The topological polar surface area (TPSA) is 0 Å². The van der Waals surface area contributed by atoms with E-state index in [1.165, 1.54) is 38.9 Å². The van der Waals surface area contributed by atoms with Crippen LogP contribution in [0, 0.1) is 26.7 Å². The van der Waals surface area contributed by atoms with Crippen molar-refractivity contribution >= 4 is 6.08 Å². The minimum atomic E-state index is 0.630. The molecule has 0 unspecified atom stereocenters. The van der Waals surface area contributed by atoms with Gasteiger partial charge < -0.3 is 0 Å². The van der Waals surface area contributed by atoms with E-state index < -0.39 is 0 Å². The van der Waals surface area contributed by atoms with E-state index in [0.717, 1.165) is 6.42 Å². The molecular weight excluding hydrogens is 252 g/mol. The number of rotatable bonds is 2. The van der Waals surface area contributed by atoms with Gasteiger partial charge >= 0.3 is 0 Å². The van der Waals surface area contributed by atoms with Crippen LogP contribution in [-0.4, -0.2) is 0 Å². The Hall–Kier alpha value is -1.82. The largest absolute Gasteiger partial charge is 0.0626 e. The molecule has 0 aromatic heterocycles. The van der Waals surface area contributed by atoms with Gasteiger partial charge in [-0.1, -0.05) is 61.4 Å². The van der Waals surface area contributed by atoms with Crippen LogP contribution in [0.2, 0.25) is 0 Å². The van der Waals surface area contributed by atoms with E-state index in [1.54, 1.807) is 5.57 Å². The van der Waals surface area contributed by atoms with Gasteiger partial charge in [0.05, 0.1) is 0 Å². The third kappa shape index (κ3) is 2.44. The van der Waals surface area contributed by atoms with E-state index in [-0.39, 0.29) is 0 Å². The van der Waals surface area contributed by atoms with Crippen LogP contribution in [0.25, 0.3) is 17.2 Å². The summed E-state index contributed by atoms with van der Waals surface area (Å²) >= 11 is 0. The molecule has 0 nitrogen and oxygen atoms in total. The van der Waals surface area contributed by atoms with Crippen LogP contribution in [0.5, 0.6) is 0 Å². The standard InChI is InChI=1S/C21H24/c1-13(2)18-11-17-7-6-8-19(21(17)12-18)20-10-14(3)9-15(4)16(20)5/h6-10,12-13H,11H2,1-5H3. The van der Waals surface area contributed by atoms with Crippen LogP contribution in [-0.2, 0) is 6.42 Å². The molecule has 108 valence electrons. The van der Waals surface area contributed by atoms with E-state index in [9.17, 15) is 0 Å². The molecule has 0 atom stereocenters. The first-order valence-corrected chi connectivity index (χ1v) is 7.88. The van der Waals surface area contributed by atoms with E-state index in [2.05, 4.69) is 71.0 Å². The third-order valence-electron chi connectivity index (χ3n) is 4.76. The van der Waals surface area contributed by atoms with Crippen LogP contribution >= 0.6 is 0 Å². The fourth-order valence-corrected chi connectivity index (χ4v) is 3.32. The summed E-state index contributed by atoms with van der Waals surface area (Å²) in [4.78, 5) is 0. The van der Waals surface area contributed by atoms with Crippen molar-refractivity contribution in [3.8, 4) is 11.1 Å². The van der Waals surface area contributed by atoms with Gasteiger partial charge in [-0.05, 0) is 66.5 Å². The molecule has 1 aliphatic carbocycles. The molecule has 0 radical (unpaired) electrons. The highest BCUT2D eigenvalue weighted by Crippen LogP contribution is 2.38. The Labute approximate surface area is 128 Å². The SMILES string of the molecule is Cc1cc(C)c(C)c(-c2cccc3c2C=C(C(C)C)C3)c1. The molecule has 0 spiro atoms. The summed E-state index contributed by atoms with van der Waals surface area (Å²) in [5, 5.41) is 0. The highest BCUT2D eigenvalue weighted by Gasteiger charge is 2.19. The molecule has 0 saturated heterocycles. The van der Waals surface area contributed by atoms with Crippen molar-refractivity contribution in [1.29, 1.82) is 0 Å². The average molecular weight is 276 g/mol. The van der Waals surface area contributed by atoms with Gasteiger partial charge in [-0.15, -0.1) is 0 Å². The van der Waals surface area contributed by atoms with Gasteiger partial charge in [-0.25, -0.2) is 0 Å². The van der Waals surface area contributed by atoms with Crippen molar-refractivity contribution in [3.63, 3.8) is 0 Å². The Balaban J connectivity index is 2.21. The number of benzene rings is 2. The number of hydrogen-bond acceptors (Lipinski definition) is 0. The maximum atomic E-state index is 2.42. The zero-order valence-corrected chi connectivity index (χ0v) is 13.7. The maximum Gasteiger partial charge on any atom is -0.00550 e. The summed E-state index contributed by atoms with van der Waals surface area (Å²) in [7, 11) is 0. The molecule has 0 bridgehead atoms. The number of fused-ring (bicyclic) bond motifs is 1. The Kier molecular flexibility index (Phi) is 3.49. The van der Waals surface area contributed by atoms with Crippen molar-refractivity contribution in [2.24, 2.45) is 5.92 Å². The van der Waals surface area contributed by atoms with Crippen molar-refractivity contribution in [2.45, 2.75) is 41.0 Å². The number of aryl methyl sites for hydroxylation is 2. The fourth-order valence-electron chi connectivity index (χ4n) is 3.32. The molecule has 0 aliphatic heterocycles. The normalized spacial score (nSPS) is 13.5. The lowest BCUT2D eigenvalue weighted by Crippen LogP contribution is -1.94. The zero-order chi connectivity index (χ0) is 15.1. The summed E-state index contributed by atoms with van der Waals surface area (Å²) in [5.74, 6) is 0.630. The lowest BCUT2D eigenvalue weighted by molar-refractivity contribution is 0.754. The molecule has 3 rings (SSSR count). The van der Waals surface area contributed by atoms with Crippen LogP contribution in [0.15, 0.2) is 35.9 Å². The lowest BCUT2D eigenvalue weighted by atomic mass is 9.91. The van der Waals surface area contributed by atoms with Crippen molar-refractivity contribution in [3.05, 3.63) is 63.7 Å². The van der Waals surface area contributed by atoms with Crippen LogP contribution in [0.4, 0.5) is 0 Å². The second kappa shape index (κ2) is 5.18. The zero-order valence-electron chi connectivity index (χ0n) is 13.7. The Morgan fingerprint density at radius 2 is 1.71 bits per heavy atom. The summed E-state index contributed by atoms with van der Waals surface area (Å²) in [6, 6.07) is 11.4. The maximum absolute atomic E-state index is 2.42. The Morgan fingerprint density at radius 3 is 2.43 bits per heavy atom. The summed E-state index contributed by atoms with van der Waals surface area (Å²) in [6.45, 7) is 11.2. The van der Waals surface area contributed by atoms with E-state index in [0.29, 0.717) is 5.92 Å². The van der Waals surface area contributed by atoms with Gasteiger partial charge in [0, 0.05) is 0 Å². The molecule has 0 heteroatoms. The molecule has 2 aromatic carbocycles. The summed E-state index contributed by atoms with van der Waals surface area (Å²) in [5.41, 5.74) is 11.4. The van der Waals surface area contributed by atoms with Crippen molar-refractivity contribution < 1.29 is 0 Å². The molecule has 0 amide bonds. The molecule has 0 heterocycles. The third-order valence-corrected chi connectivity index (χ3v) is 4.76. The Bertz CT molecular complexity index is 730. The van der Waals surface area contributed by atoms with Crippen molar-refractivity contribution in [1.82, 2.24) is 0 Å². The van der Waals surface area contributed by atoms with Gasteiger partial charge in [0.2, 0.25) is 0 Å². The highest BCUT2D eigenvalue weighted by molar-refractivity contribution is 5.83. The number of allylic oxidation sites excluding steroid dienone is 1. The molecule has 1 aliphatic rings. The van der Waals surface area contributed by atoms with Gasteiger partial charge in [0.25, 0.3) is 0 Å². The Morgan fingerprint density at radius 1 is 0.952 bits per heavy atom. The van der Waals surface area contributed by atoms with Crippen molar-refractivity contribution in [2.75, 3.05) is 0 Å². The van der Waals surface area contributed by atoms with Gasteiger partial charge in [-0.2, -0.15) is 0 Å². The summed E-state index contributed by atoms with van der Waals surface area (Å²) in [6.07, 6.45) is 3.54. The predicted octanol–water partition coefficient (Wildman–Crippen LogP) is 5.87. The first-order valence-electron chi connectivity index (χ1n) is 7.88. The average Bonchev–Trinajstić information content (AvgIpc) is 2.87. The lowest BCUT2D eigenvalue weighted by Gasteiger charge is -2.14. The molecule has 0 fully saturated rings. The molecular formula is C21H24. The van der Waals surface area contributed by atoms with Gasteiger partial charge in [0.1, 0.15) is 0 Å². The quantitative estimate of drug-likeness (QED) is 0.643. The molecule has 0 N–H and O–H groups in total. The molecule has 21 heavy (non-hydrogen) atoms. The second-order valence-electron chi connectivity index (χ2n) is 6.68. The van der Waals surface area contributed by atoms with Gasteiger partial charge in [-0.3, -0.25) is 0 Å². The van der Waals surface area contributed by atoms with Crippen LogP contribution in [0.3, 0.4) is 0 Å². The van der Waals surface area contributed by atoms with Gasteiger partial charge in [0.15, 0.2) is 0 Å². The summed E-state index contributed by atoms with van der Waals surface area (Å²) < 4.78 is 0. The highest BCUT2D eigenvalue weighted by atomic mass is 14.2. The van der Waals surface area contributed by atoms with E-state index >= 15 is 0 Å². The minimum absolute atomic E-state index is 0.630. The smallest absolute Gasteiger partial charge is 0.00550 e. The predicted molar refractivity (Wildman–Crippen MR) is 92.6 cm³/mol. The molecule has 2 aromatic rings. The molecule has 0 saturated carbocycles. The first-order chi connectivity index (χ1) is 9.97. The monoisotopic (exact) mass is 276 g/mol. The first kappa shape index (κ1) is 14.1. The number of hydrogen-bond donors (Lipinski definition) is 0. The minimum Gasteiger partial charge on any atom is -0.0626 e.